The largest absolute Gasteiger partial charge is 0.491 e. The molecule has 0 unspecified atom stereocenters. The third-order valence-electron chi connectivity index (χ3n) is 4.10. The number of aryl methyl sites for hydroxylation is 1. The summed E-state index contributed by atoms with van der Waals surface area (Å²) in [5, 5.41) is 10.6. The van der Waals surface area contributed by atoms with Gasteiger partial charge in [-0.25, -0.2) is 4.79 Å². The van der Waals surface area contributed by atoms with Gasteiger partial charge in [0.2, 0.25) is 11.8 Å². The molecule has 1 aliphatic heterocycles. The monoisotopic (exact) mass is 360 g/mol. The molecule has 1 aliphatic rings. The van der Waals surface area contributed by atoms with Crippen molar-refractivity contribution in [2.45, 2.75) is 38.8 Å². The summed E-state index contributed by atoms with van der Waals surface area (Å²) in [6.07, 6.45) is 2.99. The van der Waals surface area contributed by atoms with Crippen LogP contribution >= 0.6 is 0 Å². The number of benzene rings is 1. The quantitative estimate of drug-likeness (QED) is 0.817. The highest BCUT2D eigenvalue weighted by Crippen LogP contribution is 2.19. The van der Waals surface area contributed by atoms with E-state index >= 15 is 0 Å². The first-order valence-electron chi connectivity index (χ1n) is 8.82. The molecular weight excluding hydrogens is 336 g/mol. The lowest BCUT2D eigenvalue weighted by atomic mass is 10.2. The maximum absolute atomic E-state index is 12.3. The van der Waals surface area contributed by atoms with Gasteiger partial charge in [0.25, 0.3) is 0 Å². The molecule has 1 aromatic heterocycles. The Morgan fingerprint density at radius 2 is 2.08 bits per heavy atom. The van der Waals surface area contributed by atoms with Crippen molar-refractivity contribution in [2.75, 3.05) is 25.6 Å². The summed E-state index contributed by atoms with van der Waals surface area (Å²) in [5.74, 6) is 1.73. The fourth-order valence-electron chi connectivity index (χ4n) is 2.59. The normalized spacial score (nSPS) is 16.5. The number of aromatic nitrogens is 2. The number of rotatable bonds is 7. The van der Waals surface area contributed by atoms with Gasteiger partial charge in [0.15, 0.2) is 0 Å². The van der Waals surface area contributed by atoms with Crippen LogP contribution in [0.2, 0.25) is 0 Å². The summed E-state index contributed by atoms with van der Waals surface area (Å²) in [5.41, 5.74) is 0.686. The van der Waals surface area contributed by atoms with Crippen molar-refractivity contribution in [1.29, 1.82) is 0 Å². The van der Waals surface area contributed by atoms with Crippen LogP contribution in [-0.2, 0) is 17.7 Å². The standard InChI is InChI=1S/C18H24N4O4/c1-3-16-20-21-17(26-16)11-22(2)18(23)19-13-6-8-14(9-7-13)25-12-15-5-4-10-24-15/h6-9,15H,3-5,10-12H2,1-2H3,(H,19,23)/t15-/m0/s1. The summed E-state index contributed by atoms with van der Waals surface area (Å²) in [6.45, 7) is 3.55. The molecule has 140 valence electrons. The second-order valence-corrected chi connectivity index (χ2v) is 6.20. The van der Waals surface area contributed by atoms with Gasteiger partial charge in [0.1, 0.15) is 18.9 Å². The molecule has 0 saturated carbocycles. The highest BCUT2D eigenvalue weighted by molar-refractivity contribution is 5.89. The van der Waals surface area contributed by atoms with E-state index in [1.165, 1.54) is 4.90 Å². The summed E-state index contributed by atoms with van der Waals surface area (Å²) < 4.78 is 16.7. The Labute approximate surface area is 152 Å². The van der Waals surface area contributed by atoms with Gasteiger partial charge in [-0.15, -0.1) is 10.2 Å². The van der Waals surface area contributed by atoms with Crippen LogP contribution in [0.5, 0.6) is 5.75 Å². The predicted molar refractivity (Wildman–Crippen MR) is 95.1 cm³/mol. The zero-order valence-electron chi connectivity index (χ0n) is 15.1. The Balaban J connectivity index is 1.46. The zero-order chi connectivity index (χ0) is 18.4. The van der Waals surface area contributed by atoms with E-state index in [0.717, 1.165) is 25.2 Å². The number of ether oxygens (including phenoxy) is 2. The number of urea groups is 1. The van der Waals surface area contributed by atoms with Crippen LogP contribution in [-0.4, -0.2) is 47.5 Å². The van der Waals surface area contributed by atoms with E-state index in [1.807, 2.05) is 19.1 Å². The number of anilines is 1. The average Bonchev–Trinajstić information content (AvgIpc) is 3.32. The number of carbonyl (C=O) groups is 1. The van der Waals surface area contributed by atoms with Crippen LogP contribution in [0.1, 0.15) is 31.5 Å². The molecule has 2 aromatic rings. The minimum Gasteiger partial charge on any atom is -0.491 e. The lowest BCUT2D eigenvalue weighted by molar-refractivity contribution is 0.0679. The molecule has 0 bridgehead atoms. The Morgan fingerprint density at radius 3 is 2.73 bits per heavy atom. The minimum atomic E-state index is -0.255. The molecule has 3 rings (SSSR count). The molecule has 0 aliphatic carbocycles. The van der Waals surface area contributed by atoms with E-state index in [4.69, 9.17) is 13.9 Å². The third-order valence-corrected chi connectivity index (χ3v) is 4.10. The number of hydrogen-bond acceptors (Lipinski definition) is 6. The molecule has 26 heavy (non-hydrogen) atoms. The van der Waals surface area contributed by atoms with Crippen molar-refractivity contribution >= 4 is 11.7 Å². The molecule has 1 atom stereocenters. The maximum Gasteiger partial charge on any atom is 0.322 e. The topological polar surface area (TPSA) is 89.7 Å². The average molecular weight is 360 g/mol. The van der Waals surface area contributed by atoms with E-state index in [9.17, 15) is 4.79 Å². The fourth-order valence-corrected chi connectivity index (χ4v) is 2.59. The predicted octanol–water partition coefficient (Wildman–Crippen LogP) is 2.85. The molecule has 0 radical (unpaired) electrons. The summed E-state index contributed by atoms with van der Waals surface area (Å²) >= 11 is 0. The number of nitrogens with zero attached hydrogens (tertiary/aromatic N) is 3. The van der Waals surface area contributed by atoms with Crippen molar-refractivity contribution in [3.8, 4) is 5.75 Å². The van der Waals surface area contributed by atoms with Crippen LogP contribution in [0, 0.1) is 0 Å². The third kappa shape index (κ3) is 4.95. The van der Waals surface area contributed by atoms with Crippen LogP contribution in [0.25, 0.3) is 0 Å². The van der Waals surface area contributed by atoms with Crippen LogP contribution in [0.15, 0.2) is 28.7 Å². The molecule has 2 amide bonds. The molecule has 2 heterocycles. The van der Waals surface area contributed by atoms with Crippen molar-refractivity contribution in [2.24, 2.45) is 0 Å². The van der Waals surface area contributed by atoms with Gasteiger partial charge < -0.3 is 24.1 Å². The Bertz CT molecular complexity index is 710. The Hall–Kier alpha value is -2.61. The van der Waals surface area contributed by atoms with Gasteiger partial charge in [0.05, 0.1) is 6.10 Å². The van der Waals surface area contributed by atoms with Crippen LogP contribution in [0.3, 0.4) is 0 Å². The number of hydrogen-bond donors (Lipinski definition) is 1. The molecule has 1 fully saturated rings. The fraction of sp³-hybridized carbons (Fsp3) is 0.500. The van der Waals surface area contributed by atoms with Gasteiger partial charge in [-0.1, -0.05) is 6.92 Å². The first-order chi connectivity index (χ1) is 12.6. The van der Waals surface area contributed by atoms with Crippen molar-refractivity contribution in [3.63, 3.8) is 0 Å². The highest BCUT2D eigenvalue weighted by Gasteiger charge is 2.16. The van der Waals surface area contributed by atoms with Crippen LogP contribution < -0.4 is 10.1 Å². The molecule has 1 N–H and O–H groups in total. The Kier molecular flexibility index (Phi) is 6.06. The number of nitrogens with one attached hydrogen (secondary N) is 1. The van der Waals surface area contributed by atoms with E-state index in [0.29, 0.717) is 30.5 Å². The molecule has 8 heteroatoms. The second-order valence-electron chi connectivity index (χ2n) is 6.20. The van der Waals surface area contributed by atoms with Crippen LogP contribution in [0.4, 0.5) is 10.5 Å². The minimum absolute atomic E-state index is 0.181. The first kappa shape index (κ1) is 18.2. The van der Waals surface area contributed by atoms with Gasteiger partial charge in [0, 0.05) is 25.8 Å². The van der Waals surface area contributed by atoms with E-state index in [-0.39, 0.29) is 18.7 Å². The molecule has 8 nitrogen and oxygen atoms in total. The first-order valence-corrected chi connectivity index (χ1v) is 8.82. The summed E-state index contributed by atoms with van der Waals surface area (Å²) in [6, 6.07) is 7.01. The lowest BCUT2D eigenvalue weighted by Gasteiger charge is -2.16. The van der Waals surface area contributed by atoms with Crippen molar-refractivity contribution < 1.29 is 18.7 Å². The SMILES string of the molecule is CCc1nnc(CN(C)C(=O)Nc2ccc(OC[C@@H]3CCCO3)cc2)o1. The zero-order valence-corrected chi connectivity index (χ0v) is 15.1. The summed E-state index contributed by atoms with van der Waals surface area (Å²) in [4.78, 5) is 13.7. The van der Waals surface area contributed by atoms with Gasteiger partial charge >= 0.3 is 6.03 Å². The smallest absolute Gasteiger partial charge is 0.322 e. The van der Waals surface area contributed by atoms with Crippen molar-refractivity contribution in [1.82, 2.24) is 15.1 Å². The number of amides is 2. The van der Waals surface area contributed by atoms with E-state index in [1.54, 1.807) is 19.2 Å². The van der Waals surface area contributed by atoms with E-state index in [2.05, 4.69) is 15.5 Å². The molecule has 0 spiro atoms. The molecule has 1 aromatic carbocycles. The summed E-state index contributed by atoms with van der Waals surface area (Å²) in [7, 11) is 1.67. The second kappa shape index (κ2) is 8.66. The van der Waals surface area contributed by atoms with E-state index < -0.39 is 0 Å². The highest BCUT2D eigenvalue weighted by atomic mass is 16.5. The number of carbonyl (C=O) groups excluding carboxylic acids is 1. The Morgan fingerprint density at radius 1 is 1.31 bits per heavy atom. The lowest BCUT2D eigenvalue weighted by Crippen LogP contribution is -2.30. The van der Waals surface area contributed by atoms with Gasteiger partial charge in [-0.2, -0.15) is 0 Å². The molecule has 1 saturated heterocycles. The maximum atomic E-state index is 12.3. The van der Waals surface area contributed by atoms with Gasteiger partial charge in [-0.05, 0) is 37.1 Å². The molecular formula is C18H24N4O4. The van der Waals surface area contributed by atoms with Gasteiger partial charge in [-0.3, -0.25) is 0 Å². The van der Waals surface area contributed by atoms with Crippen molar-refractivity contribution in [3.05, 3.63) is 36.0 Å².